The van der Waals surface area contributed by atoms with Gasteiger partial charge in [-0.05, 0) is 12.3 Å². The molecule has 0 unspecified atom stereocenters. The summed E-state index contributed by atoms with van der Waals surface area (Å²) in [6.07, 6.45) is 1.65. The number of imidazole rings is 1. The average Bonchev–Trinajstić information content (AvgIpc) is 2.26. The van der Waals surface area contributed by atoms with Crippen LogP contribution in [0.3, 0.4) is 0 Å². The molecule has 0 saturated carbocycles. The lowest BCUT2D eigenvalue weighted by Gasteiger charge is -2.15. The molecular formula is C10H16N2O. The van der Waals surface area contributed by atoms with Crippen molar-refractivity contribution in [2.24, 2.45) is 5.41 Å². The van der Waals surface area contributed by atoms with Crippen molar-refractivity contribution in [3.8, 4) is 0 Å². The summed E-state index contributed by atoms with van der Waals surface area (Å²) in [5, 5.41) is 0. The quantitative estimate of drug-likeness (QED) is 0.708. The molecule has 0 aromatic carbocycles. The fraction of sp³-hybridized carbons (Fsp3) is 0.600. The van der Waals surface area contributed by atoms with Gasteiger partial charge < -0.3 is 4.98 Å². The van der Waals surface area contributed by atoms with Crippen molar-refractivity contribution in [3.63, 3.8) is 0 Å². The van der Waals surface area contributed by atoms with E-state index in [1.54, 1.807) is 0 Å². The molecule has 0 aliphatic carbocycles. The summed E-state index contributed by atoms with van der Waals surface area (Å²) in [7, 11) is 0. The van der Waals surface area contributed by atoms with Gasteiger partial charge >= 0.3 is 0 Å². The molecule has 3 nitrogen and oxygen atoms in total. The van der Waals surface area contributed by atoms with Gasteiger partial charge in [-0.15, -0.1) is 0 Å². The molecule has 0 aliphatic rings. The van der Waals surface area contributed by atoms with Crippen LogP contribution in [0.5, 0.6) is 0 Å². The molecule has 0 atom stereocenters. The number of aromatic nitrogens is 2. The monoisotopic (exact) mass is 180 g/mol. The van der Waals surface area contributed by atoms with E-state index in [0.29, 0.717) is 5.69 Å². The van der Waals surface area contributed by atoms with E-state index in [2.05, 4.69) is 30.7 Å². The number of hydrogen-bond acceptors (Lipinski definition) is 2. The van der Waals surface area contributed by atoms with Gasteiger partial charge in [0.25, 0.3) is 0 Å². The van der Waals surface area contributed by atoms with Gasteiger partial charge in [-0.25, -0.2) is 4.98 Å². The zero-order valence-electron chi connectivity index (χ0n) is 8.64. The molecule has 0 aliphatic heterocycles. The minimum atomic E-state index is 0.199. The second-order valence-corrected chi connectivity index (χ2v) is 4.55. The second kappa shape index (κ2) is 3.32. The van der Waals surface area contributed by atoms with Crippen LogP contribution >= 0.6 is 0 Å². The van der Waals surface area contributed by atoms with Crippen LogP contribution < -0.4 is 0 Å². The van der Waals surface area contributed by atoms with E-state index in [1.807, 2.05) is 6.92 Å². The second-order valence-electron chi connectivity index (χ2n) is 4.55. The number of carbonyl (C=O) groups is 1. The Hall–Kier alpha value is -1.12. The first-order valence-electron chi connectivity index (χ1n) is 4.43. The molecule has 0 radical (unpaired) electrons. The van der Waals surface area contributed by atoms with Crippen molar-refractivity contribution in [2.75, 3.05) is 0 Å². The highest BCUT2D eigenvalue weighted by molar-refractivity contribution is 5.73. The molecule has 1 aromatic heterocycles. The molecule has 0 fully saturated rings. The van der Waals surface area contributed by atoms with E-state index >= 15 is 0 Å². The molecule has 1 heterocycles. The van der Waals surface area contributed by atoms with Crippen molar-refractivity contribution >= 4 is 6.29 Å². The van der Waals surface area contributed by atoms with E-state index in [-0.39, 0.29) is 5.41 Å². The molecular weight excluding hydrogens is 164 g/mol. The number of H-pyrrole nitrogens is 1. The normalized spacial score (nSPS) is 11.7. The number of aryl methyl sites for hydroxylation is 1. The first-order chi connectivity index (χ1) is 5.92. The van der Waals surface area contributed by atoms with Crippen molar-refractivity contribution in [3.05, 3.63) is 17.2 Å². The Morgan fingerprint density at radius 3 is 2.46 bits per heavy atom. The minimum Gasteiger partial charge on any atom is -0.345 e. The lowest BCUT2D eigenvalue weighted by Crippen LogP contribution is -2.10. The van der Waals surface area contributed by atoms with E-state index in [9.17, 15) is 4.79 Å². The van der Waals surface area contributed by atoms with Crippen LogP contribution in [0.15, 0.2) is 0 Å². The predicted octanol–water partition coefficient (Wildman–Crippen LogP) is 2.12. The van der Waals surface area contributed by atoms with E-state index in [4.69, 9.17) is 0 Å². The van der Waals surface area contributed by atoms with Crippen LogP contribution in [0.1, 0.15) is 42.8 Å². The van der Waals surface area contributed by atoms with Crippen LogP contribution in [0.2, 0.25) is 0 Å². The number of carbonyl (C=O) groups excluding carboxylic acids is 1. The molecule has 3 heteroatoms. The highest BCUT2D eigenvalue weighted by Crippen LogP contribution is 2.19. The Balaban J connectivity index is 2.85. The van der Waals surface area contributed by atoms with Crippen LogP contribution in [0, 0.1) is 12.3 Å². The molecule has 13 heavy (non-hydrogen) atoms. The van der Waals surface area contributed by atoms with Gasteiger partial charge in [0.2, 0.25) is 0 Å². The number of nitrogens with one attached hydrogen (secondary N) is 1. The van der Waals surface area contributed by atoms with Gasteiger partial charge in [-0.2, -0.15) is 0 Å². The zero-order valence-corrected chi connectivity index (χ0v) is 8.64. The van der Waals surface area contributed by atoms with Crippen molar-refractivity contribution in [1.82, 2.24) is 9.97 Å². The Morgan fingerprint density at radius 2 is 2.08 bits per heavy atom. The number of aldehydes is 1. The maximum absolute atomic E-state index is 10.5. The van der Waals surface area contributed by atoms with Crippen molar-refractivity contribution in [1.29, 1.82) is 0 Å². The smallest absolute Gasteiger partial charge is 0.170 e. The van der Waals surface area contributed by atoms with E-state index < -0.39 is 0 Å². The summed E-state index contributed by atoms with van der Waals surface area (Å²) in [5.41, 5.74) is 1.58. The highest BCUT2D eigenvalue weighted by atomic mass is 16.1. The standard InChI is InChI=1S/C10H16N2O/c1-7-8(6-13)12-9(11-7)5-10(2,3)4/h6H,5H2,1-4H3,(H,11,12). The summed E-state index contributed by atoms with van der Waals surface area (Å²) in [5.74, 6) is 0.895. The van der Waals surface area contributed by atoms with Gasteiger partial charge in [0.05, 0.1) is 0 Å². The summed E-state index contributed by atoms with van der Waals surface area (Å²) in [6.45, 7) is 8.30. The SMILES string of the molecule is Cc1[nH]c(CC(C)(C)C)nc1C=O. The fourth-order valence-corrected chi connectivity index (χ4v) is 1.24. The molecule has 72 valence electrons. The molecule has 1 rings (SSSR count). The maximum atomic E-state index is 10.5. The highest BCUT2D eigenvalue weighted by Gasteiger charge is 2.14. The van der Waals surface area contributed by atoms with Crippen LogP contribution in [-0.2, 0) is 6.42 Å². The van der Waals surface area contributed by atoms with Crippen molar-refractivity contribution in [2.45, 2.75) is 34.1 Å². The van der Waals surface area contributed by atoms with Crippen LogP contribution in [0.4, 0.5) is 0 Å². The number of rotatable bonds is 2. The first-order valence-corrected chi connectivity index (χ1v) is 4.43. The topological polar surface area (TPSA) is 45.8 Å². The molecule has 1 N–H and O–H groups in total. The molecule has 0 bridgehead atoms. The Kier molecular flexibility index (Phi) is 2.55. The third-order valence-electron chi connectivity index (χ3n) is 1.78. The summed E-state index contributed by atoms with van der Waals surface area (Å²) < 4.78 is 0. The summed E-state index contributed by atoms with van der Waals surface area (Å²) in [4.78, 5) is 17.8. The average molecular weight is 180 g/mol. The molecule has 1 aromatic rings. The van der Waals surface area contributed by atoms with Gasteiger partial charge in [0.15, 0.2) is 6.29 Å². The molecule has 0 amide bonds. The van der Waals surface area contributed by atoms with Gasteiger partial charge in [0.1, 0.15) is 11.5 Å². The number of aromatic amines is 1. The molecule has 0 saturated heterocycles. The van der Waals surface area contributed by atoms with Crippen LogP contribution in [-0.4, -0.2) is 16.3 Å². The Bertz CT molecular complexity index is 307. The lowest BCUT2D eigenvalue weighted by atomic mass is 9.92. The Morgan fingerprint density at radius 1 is 1.46 bits per heavy atom. The van der Waals surface area contributed by atoms with Gasteiger partial charge in [-0.1, -0.05) is 20.8 Å². The maximum Gasteiger partial charge on any atom is 0.170 e. The number of hydrogen-bond donors (Lipinski definition) is 1. The molecule has 0 spiro atoms. The number of nitrogens with zero attached hydrogens (tertiary/aromatic N) is 1. The predicted molar refractivity (Wildman–Crippen MR) is 51.9 cm³/mol. The van der Waals surface area contributed by atoms with Crippen molar-refractivity contribution < 1.29 is 4.79 Å². The van der Waals surface area contributed by atoms with Gasteiger partial charge in [-0.3, -0.25) is 4.79 Å². The Labute approximate surface area is 78.6 Å². The third kappa shape index (κ3) is 2.68. The fourth-order valence-electron chi connectivity index (χ4n) is 1.24. The van der Waals surface area contributed by atoms with E-state index in [1.165, 1.54) is 0 Å². The van der Waals surface area contributed by atoms with E-state index in [0.717, 1.165) is 24.2 Å². The van der Waals surface area contributed by atoms with Gasteiger partial charge in [0, 0.05) is 12.1 Å². The summed E-state index contributed by atoms with van der Waals surface area (Å²) >= 11 is 0. The minimum absolute atomic E-state index is 0.199. The third-order valence-corrected chi connectivity index (χ3v) is 1.78. The first kappa shape index (κ1) is 9.96. The largest absolute Gasteiger partial charge is 0.345 e. The summed E-state index contributed by atoms with van der Waals surface area (Å²) in [6, 6.07) is 0. The lowest BCUT2D eigenvalue weighted by molar-refractivity contribution is 0.111. The van der Waals surface area contributed by atoms with Crippen LogP contribution in [0.25, 0.3) is 0 Å². The zero-order chi connectivity index (χ0) is 10.1.